The van der Waals surface area contributed by atoms with E-state index in [1.54, 1.807) is 0 Å². The van der Waals surface area contributed by atoms with E-state index >= 15 is 0 Å². The van der Waals surface area contributed by atoms with Gasteiger partial charge in [-0.05, 0) is 93.9 Å². The van der Waals surface area contributed by atoms with Crippen LogP contribution in [0.4, 0.5) is 0 Å². The Balaban J connectivity index is 1.05. The van der Waals surface area contributed by atoms with E-state index in [-0.39, 0.29) is 11.3 Å². The number of hydrogen-bond donors (Lipinski definition) is 0. The van der Waals surface area contributed by atoms with Crippen molar-refractivity contribution in [2.75, 3.05) is 0 Å². The molecule has 2 aliphatic rings. The van der Waals surface area contributed by atoms with Gasteiger partial charge in [0, 0.05) is 49.7 Å². The summed E-state index contributed by atoms with van der Waals surface area (Å²) in [5.74, 6) is 0.658. The van der Waals surface area contributed by atoms with Crippen LogP contribution in [0, 0.1) is 5.92 Å². The first-order chi connectivity index (χ1) is 30.3. The van der Waals surface area contributed by atoms with E-state index in [4.69, 9.17) is 14.4 Å². The Morgan fingerprint density at radius 1 is 0.516 bits per heavy atom. The standard InChI is InChI=1S/C58H43N3O/c1-35-36(2)56(40-29-30-45-44-20-10-13-24-51(44)62-52(45)34-40)60-57(59-55(35)39-27-25-38(26-28-39)37-15-6-5-7-16-37)41-17-14-18-42(33-41)61-49-23-12-9-21-47(49)53-50(61)32-31-46-43-19-8-11-22-48(43)58(3,4)54(46)53/h5-35H,1-4H3. The number of amidine groups is 1. The van der Waals surface area contributed by atoms with Gasteiger partial charge in [-0.15, -0.1) is 0 Å². The number of furan rings is 1. The molecule has 0 amide bonds. The summed E-state index contributed by atoms with van der Waals surface area (Å²) in [7, 11) is 0. The van der Waals surface area contributed by atoms with Gasteiger partial charge in [0.05, 0.1) is 22.4 Å². The minimum absolute atomic E-state index is 0.0183. The van der Waals surface area contributed by atoms with Crippen LogP contribution in [0.15, 0.2) is 202 Å². The molecule has 0 radical (unpaired) electrons. The molecule has 1 unspecified atom stereocenters. The Bertz CT molecular complexity index is 3560. The molecule has 1 aliphatic carbocycles. The van der Waals surface area contributed by atoms with Crippen molar-refractivity contribution in [1.29, 1.82) is 0 Å². The van der Waals surface area contributed by atoms with Crippen molar-refractivity contribution < 1.29 is 4.42 Å². The van der Waals surface area contributed by atoms with E-state index in [1.807, 2.05) is 12.1 Å². The van der Waals surface area contributed by atoms with Gasteiger partial charge < -0.3 is 8.98 Å². The molecular weight excluding hydrogens is 755 g/mol. The van der Waals surface area contributed by atoms with Crippen LogP contribution in [0.5, 0.6) is 0 Å². The van der Waals surface area contributed by atoms with Gasteiger partial charge in [0.25, 0.3) is 0 Å². The van der Waals surface area contributed by atoms with E-state index in [2.05, 4.69) is 202 Å². The Labute approximate surface area is 360 Å². The number of benzene rings is 8. The Morgan fingerprint density at radius 3 is 2.05 bits per heavy atom. The molecule has 10 aromatic rings. The van der Waals surface area contributed by atoms with Crippen LogP contribution < -0.4 is 0 Å². The summed E-state index contributed by atoms with van der Waals surface area (Å²) in [5.41, 5.74) is 18.9. The first-order valence-corrected chi connectivity index (χ1v) is 21.6. The van der Waals surface area contributed by atoms with Gasteiger partial charge in [0.15, 0.2) is 5.84 Å². The molecule has 4 heteroatoms. The van der Waals surface area contributed by atoms with E-state index < -0.39 is 0 Å². The van der Waals surface area contributed by atoms with Crippen molar-refractivity contribution in [2.45, 2.75) is 33.1 Å². The van der Waals surface area contributed by atoms with E-state index in [0.717, 1.165) is 61.3 Å². The van der Waals surface area contributed by atoms with Crippen molar-refractivity contribution in [3.63, 3.8) is 0 Å². The monoisotopic (exact) mass is 797 g/mol. The number of hydrogen-bond acceptors (Lipinski definition) is 3. The Morgan fingerprint density at radius 2 is 1.19 bits per heavy atom. The van der Waals surface area contributed by atoms with Crippen LogP contribution >= 0.6 is 0 Å². The smallest absolute Gasteiger partial charge is 0.160 e. The second kappa shape index (κ2) is 13.7. The van der Waals surface area contributed by atoms with Crippen LogP contribution in [0.3, 0.4) is 0 Å². The van der Waals surface area contributed by atoms with Crippen molar-refractivity contribution in [3.8, 4) is 27.9 Å². The summed E-state index contributed by atoms with van der Waals surface area (Å²) in [6.07, 6.45) is 0. The van der Waals surface area contributed by atoms with Gasteiger partial charge in [-0.2, -0.15) is 0 Å². The number of allylic oxidation sites excluding steroid dienone is 1. The minimum Gasteiger partial charge on any atom is -0.456 e. The number of rotatable bonds is 5. The number of aromatic nitrogens is 1. The summed E-state index contributed by atoms with van der Waals surface area (Å²) in [4.78, 5) is 11.1. The summed E-state index contributed by atoms with van der Waals surface area (Å²) in [5, 5.41) is 4.78. The fourth-order valence-corrected chi connectivity index (χ4v) is 10.3. The van der Waals surface area contributed by atoms with Crippen molar-refractivity contribution in [2.24, 2.45) is 15.9 Å². The molecule has 0 saturated heterocycles. The molecule has 0 fully saturated rings. The first-order valence-electron chi connectivity index (χ1n) is 21.6. The van der Waals surface area contributed by atoms with E-state index in [1.165, 1.54) is 55.2 Å². The maximum atomic E-state index is 6.41. The van der Waals surface area contributed by atoms with Gasteiger partial charge >= 0.3 is 0 Å². The third kappa shape index (κ3) is 5.46. The van der Waals surface area contributed by atoms with Crippen LogP contribution in [0.2, 0.25) is 0 Å². The third-order valence-electron chi connectivity index (χ3n) is 13.5. The lowest BCUT2D eigenvalue weighted by Gasteiger charge is -2.22. The molecule has 2 aromatic heterocycles. The van der Waals surface area contributed by atoms with Crippen molar-refractivity contribution in [1.82, 2.24) is 4.57 Å². The molecule has 3 heterocycles. The second-order valence-electron chi connectivity index (χ2n) is 17.4. The maximum absolute atomic E-state index is 6.41. The van der Waals surface area contributed by atoms with Crippen LogP contribution in [0.25, 0.3) is 77.4 Å². The van der Waals surface area contributed by atoms with Gasteiger partial charge in [-0.1, -0.05) is 160 Å². The van der Waals surface area contributed by atoms with Gasteiger partial charge in [0.2, 0.25) is 0 Å². The molecule has 8 aromatic carbocycles. The summed E-state index contributed by atoms with van der Waals surface area (Å²) >= 11 is 0. The topological polar surface area (TPSA) is 42.8 Å². The molecule has 4 nitrogen and oxygen atoms in total. The Kier molecular flexibility index (Phi) is 8.04. The molecule has 0 bridgehead atoms. The third-order valence-corrected chi connectivity index (χ3v) is 13.5. The lowest BCUT2D eigenvalue weighted by molar-refractivity contribution is 0.666. The fraction of sp³-hybridized carbons (Fsp3) is 0.103. The van der Waals surface area contributed by atoms with Crippen LogP contribution in [-0.2, 0) is 5.41 Å². The highest BCUT2D eigenvalue weighted by molar-refractivity contribution is 6.18. The average Bonchev–Trinajstić information content (AvgIpc) is 3.90. The summed E-state index contributed by atoms with van der Waals surface area (Å²) in [6.45, 7) is 9.21. The summed E-state index contributed by atoms with van der Waals surface area (Å²) in [6, 6.07) is 65.3. The number of nitrogens with zero attached hydrogens (tertiary/aromatic N) is 3. The fourth-order valence-electron chi connectivity index (χ4n) is 10.3. The largest absolute Gasteiger partial charge is 0.456 e. The molecule has 296 valence electrons. The molecular formula is C58H43N3O. The lowest BCUT2D eigenvalue weighted by Crippen LogP contribution is -2.15. The maximum Gasteiger partial charge on any atom is 0.160 e. The van der Waals surface area contributed by atoms with E-state index in [0.29, 0.717) is 5.84 Å². The summed E-state index contributed by atoms with van der Waals surface area (Å²) < 4.78 is 8.84. The first kappa shape index (κ1) is 36.3. The highest BCUT2D eigenvalue weighted by Crippen LogP contribution is 2.53. The van der Waals surface area contributed by atoms with Crippen LogP contribution in [-0.4, -0.2) is 16.1 Å². The van der Waals surface area contributed by atoms with Gasteiger partial charge in [-0.25, -0.2) is 9.98 Å². The zero-order chi connectivity index (χ0) is 41.7. The number of aliphatic imine (C=N–C) groups is 2. The van der Waals surface area contributed by atoms with Crippen molar-refractivity contribution in [3.05, 3.63) is 215 Å². The number of fused-ring (bicyclic) bond motifs is 10. The number of para-hydroxylation sites is 2. The molecule has 0 N–H and O–H groups in total. The average molecular weight is 798 g/mol. The van der Waals surface area contributed by atoms with Crippen molar-refractivity contribution >= 4 is 61.0 Å². The molecule has 62 heavy (non-hydrogen) atoms. The molecule has 0 spiro atoms. The van der Waals surface area contributed by atoms with Crippen LogP contribution in [0.1, 0.15) is 55.5 Å². The molecule has 1 aliphatic heterocycles. The molecule has 1 atom stereocenters. The SMILES string of the molecule is CC1=C(c2ccc3c(c2)oc2ccccc23)N=C(c2cccc(-n3c4ccccc4c4c5c(ccc43)-c3ccccc3C5(C)C)c2)N=C(c2ccc(-c3ccccc3)cc2)C1C. The minimum atomic E-state index is -0.148. The predicted molar refractivity (Wildman–Crippen MR) is 259 cm³/mol. The second-order valence-corrected chi connectivity index (χ2v) is 17.4. The normalized spacial score (nSPS) is 15.8. The molecule has 12 rings (SSSR count). The highest BCUT2D eigenvalue weighted by Gasteiger charge is 2.38. The van der Waals surface area contributed by atoms with Gasteiger partial charge in [0.1, 0.15) is 11.2 Å². The van der Waals surface area contributed by atoms with Gasteiger partial charge in [-0.3, -0.25) is 0 Å². The highest BCUT2D eigenvalue weighted by atomic mass is 16.3. The quantitative estimate of drug-likeness (QED) is 0.171. The zero-order valence-electron chi connectivity index (χ0n) is 35.1. The Hall–Kier alpha value is -7.56. The van der Waals surface area contributed by atoms with E-state index in [9.17, 15) is 0 Å². The lowest BCUT2D eigenvalue weighted by atomic mass is 9.80. The molecule has 0 saturated carbocycles. The predicted octanol–water partition coefficient (Wildman–Crippen LogP) is 15.0. The zero-order valence-corrected chi connectivity index (χ0v) is 35.1.